The van der Waals surface area contributed by atoms with Gasteiger partial charge in [-0.2, -0.15) is 0 Å². The van der Waals surface area contributed by atoms with Gasteiger partial charge in [0, 0.05) is 19.0 Å². The number of piperidine rings is 2. The molecular weight excluding hydrogens is 424 g/mol. The number of carbonyl (C=O) groups excluding carboxylic acids is 3. The number of ether oxygens (including phenoxy) is 2. The first-order chi connectivity index (χ1) is 16.1. The van der Waals surface area contributed by atoms with Gasteiger partial charge in [0.25, 0.3) is 5.91 Å². The van der Waals surface area contributed by atoms with Crippen LogP contribution < -0.4 is 20.1 Å². The highest BCUT2D eigenvalue weighted by atomic mass is 16.7. The van der Waals surface area contributed by atoms with Gasteiger partial charge in [-0.3, -0.25) is 14.5 Å². The van der Waals surface area contributed by atoms with Crippen LogP contribution in [0.4, 0.5) is 4.79 Å². The molecule has 3 fully saturated rings. The van der Waals surface area contributed by atoms with Crippen LogP contribution in [0.25, 0.3) is 0 Å². The fourth-order valence-electron chi connectivity index (χ4n) is 5.57. The van der Waals surface area contributed by atoms with Crippen molar-refractivity contribution in [3.05, 3.63) is 23.8 Å². The van der Waals surface area contributed by atoms with Gasteiger partial charge in [-0.15, -0.1) is 0 Å². The number of rotatable bonds is 7. The van der Waals surface area contributed by atoms with E-state index in [9.17, 15) is 14.4 Å². The Hall–Kier alpha value is -2.81. The Morgan fingerprint density at radius 1 is 1.09 bits per heavy atom. The number of hydrogen-bond donors (Lipinski definition) is 2. The van der Waals surface area contributed by atoms with Crippen molar-refractivity contribution < 1.29 is 23.9 Å². The van der Waals surface area contributed by atoms with Crippen molar-refractivity contribution in [3.8, 4) is 11.5 Å². The molecule has 1 aromatic carbocycles. The van der Waals surface area contributed by atoms with Crippen LogP contribution in [0.1, 0.15) is 50.5 Å². The number of imide groups is 1. The van der Waals surface area contributed by atoms with Crippen molar-refractivity contribution >= 4 is 17.8 Å². The Bertz CT molecular complexity index is 920. The number of carbonyl (C=O) groups is 3. The van der Waals surface area contributed by atoms with E-state index in [0.717, 1.165) is 12.0 Å². The minimum atomic E-state index is -0.666. The van der Waals surface area contributed by atoms with E-state index in [1.165, 1.54) is 43.7 Å². The highest BCUT2D eigenvalue weighted by Gasteiger charge is 2.38. The number of nitrogens with one attached hydrogen (secondary N) is 2. The third kappa shape index (κ3) is 4.78. The molecule has 9 heteroatoms. The van der Waals surface area contributed by atoms with E-state index in [-0.39, 0.29) is 31.6 Å². The molecule has 2 N–H and O–H groups in total. The molecule has 5 rings (SSSR count). The lowest BCUT2D eigenvalue weighted by molar-refractivity contribution is -0.128. The molecular formula is C24H32N4O5. The predicted octanol–water partition coefficient (Wildman–Crippen LogP) is 2.00. The average Bonchev–Trinajstić information content (AvgIpc) is 3.40. The smallest absolute Gasteiger partial charge is 0.325 e. The van der Waals surface area contributed by atoms with E-state index in [2.05, 4.69) is 15.5 Å². The Morgan fingerprint density at radius 3 is 2.85 bits per heavy atom. The molecule has 3 saturated heterocycles. The Labute approximate surface area is 193 Å². The summed E-state index contributed by atoms with van der Waals surface area (Å²) in [5.41, 5.74) is 0.783. The molecule has 9 nitrogen and oxygen atoms in total. The summed E-state index contributed by atoms with van der Waals surface area (Å²) in [6.07, 6.45) is 6.65. The zero-order valence-corrected chi connectivity index (χ0v) is 18.9. The number of urea groups is 1. The van der Waals surface area contributed by atoms with Crippen LogP contribution >= 0.6 is 0 Å². The standard InChI is InChI=1S/C24H32N4O5/c29-22(25-13-17-4-3-11-27-10-2-1-5-19(17)27)9-7-18-23(30)28(24(31)26-18)14-16-6-8-20-21(12-16)33-15-32-20/h6,8,12,17-19H,1-5,7,9-11,13-15H2,(H,25,29)(H,26,31)/t17-,18-,19+/m0/s1. The van der Waals surface area contributed by atoms with Crippen LogP contribution in [0, 0.1) is 5.92 Å². The summed E-state index contributed by atoms with van der Waals surface area (Å²) >= 11 is 0. The van der Waals surface area contributed by atoms with E-state index in [1.54, 1.807) is 12.1 Å². The molecule has 0 radical (unpaired) electrons. The van der Waals surface area contributed by atoms with Crippen LogP contribution in [-0.2, 0) is 16.1 Å². The second-order valence-corrected chi connectivity index (χ2v) is 9.46. The summed E-state index contributed by atoms with van der Waals surface area (Å²) in [4.78, 5) is 41.4. The lowest BCUT2D eigenvalue weighted by Crippen LogP contribution is -2.51. The average molecular weight is 457 g/mol. The summed E-state index contributed by atoms with van der Waals surface area (Å²) in [6.45, 7) is 3.39. The molecule has 4 amide bonds. The highest BCUT2D eigenvalue weighted by Crippen LogP contribution is 2.33. The predicted molar refractivity (Wildman–Crippen MR) is 120 cm³/mol. The Kier molecular flexibility index (Phi) is 6.39. The summed E-state index contributed by atoms with van der Waals surface area (Å²) < 4.78 is 10.7. The molecule has 0 saturated carbocycles. The second-order valence-electron chi connectivity index (χ2n) is 9.46. The number of benzene rings is 1. The fourth-order valence-corrected chi connectivity index (χ4v) is 5.57. The molecule has 4 aliphatic rings. The molecule has 4 heterocycles. The van der Waals surface area contributed by atoms with Gasteiger partial charge in [-0.05, 0) is 68.8 Å². The molecule has 3 atom stereocenters. The van der Waals surface area contributed by atoms with Crippen LogP contribution in [0.5, 0.6) is 11.5 Å². The normalized spacial score (nSPS) is 26.8. The first kappa shape index (κ1) is 22.0. The van der Waals surface area contributed by atoms with E-state index < -0.39 is 12.1 Å². The number of amides is 4. The minimum absolute atomic E-state index is 0.0563. The van der Waals surface area contributed by atoms with Gasteiger partial charge in [0.1, 0.15) is 6.04 Å². The number of nitrogens with zero attached hydrogens (tertiary/aromatic N) is 2. The van der Waals surface area contributed by atoms with E-state index in [1.807, 2.05) is 6.07 Å². The van der Waals surface area contributed by atoms with Gasteiger partial charge >= 0.3 is 6.03 Å². The van der Waals surface area contributed by atoms with Crippen molar-refractivity contribution in [1.82, 2.24) is 20.4 Å². The molecule has 4 aliphatic heterocycles. The van der Waals surface area contributed by atoms with E-state index in [4.69, 9.17) is 9.47 Å². The van der Waals surface area contributed by atoms with Crippen molar-refractivity contribution in [3.63, 3.8) is 0 Å². The van der Waals surface area contributed by atoms with Gasteiger partial charge < -0.3 is 25.0 Å². The quantitative estimate of drug-likeness (QED) is 0.609. The van der Waals surface area contributed by atoms with Gasteiger partial charge in [-0.25, -0.2) is 4.79 Å². The van der Waals surface area contributed by atoms with Gasteiger partial charge in [0.05, 0.1) is 6.54 Å². The van der Waals surface area contributed by atoms with Crippen molar-refractivity contribution in [1.29, 1.82) is 0 Å². The first-order valence-corrected chi connectivity index (χ1v) is 12.1. The third-order valence-corrected chi connectivity index (χ3v) is 7.33. The van der Waals surface area contributed by atoms with Gasteiger partial charge in [0.15, 0.2) is 11.5 Å². The molecule has 0 aromatic heterocycles. The second kappa shape index (κ2) is 9.59. The Balaban J connectivity index is 1.09. The SMILES string of the molecule is O=C(CC[C@@H]1NC(=O)N(Cc2ccc3c(c2)OCO3)C1=O)NC[C@@H]1CCCN2CCCC[C@H]12. The maximum atomic E-state index is 12.8. The summed E-state index contributed by atoms with van der Waals surface area (Å²) in [6, 6.07) is 4.86. The topological polar surface area (TPSA) is 100 Å². The van der Waals surface area contributed by atoms with E-state index in [0.29, 0.717) is 36.4 Å². The monoisotopic (exact) mass is 456 g/mol. The van der Waals surface area contributed by atoms with Crippen LogP contribution in [-0.4, -0.2) is 66.2 Å². The lowest BCUT2D eigenvalue weighted by Gasteiger charge is -2.44. The molecule has 0 spiro atoms. The molecule has 33 heavy (non-hydrogen) atoms. The number of fused-ring (bicyclic) bond motifs is 2. The summed E-state index contributed by atoms with van der Waals surface area (Å²) in [5.74, 6) is 1.43. The third-order valence-electron chi connectivity index (χ3n) is 7.33. The van der Waals surface area contributed by atoms with Crippen molar-refractivity contribution in [2.24, 2.45) is 5.92 Å². The zero-order chi connectivity index (χ0) is 22.8. The fraction of sp³-hybridized carbons (Fsp3) is 0.625. The number of hydrogen-bond acceptors (Lipinski definition) is 6. The van der Waals surface area contributed by atoms with Gasteiger partial charge in [0.2, 0.25) is 12.7 Å². The van der Waals surface area contributed by atoms with Gasteiger partial charge in [-0.1, -0.05) is 12.5 Å². The molecule has 0 bridgehead atoms. The van der Waals surface area contributed by atoms with Crippen LogP contribution in [0.3, 0.4) is 0 Å². The Morgan fingerprint density at radius 2 is 1.94 bits per heavy atom. The zero-order valence-electron chi connectivity index (χ0n) is 18.9. The first-order valence-electron chi connectivity index (χ1n) is 12.1. The molecule has 0 aliphatic carbocycles. The molecule has 0 unspecified atom stereocenters. The minimum Gasteiger partial charge on any atom is -0.454 e. The van der Waals surface area contributed by atoms with Crippen LogP contribution in [0.15, 0.2) is 18.2 Å². The van der Waals surface area contributed by atoms with Crippen molar-refractivity contribution in [2.75, 3.05) is 26.4 Å². The largest absolute Gasteiger partial charge is 0.454 e. The molecule has 1 aromatic rings. The summed E-state index contributed by atoms with van der Waals surface area (Å²) in [5, 5.41) is 5.80. The van der Waals surface area contributed by atoms with E-state index >= 15 is 0 Å². The lowest BCUT2D eigenvalue weighted by atomic mass is 9.83. The maximum absolute atomic E-state index is 12.8. The van der Waals surface area contributed by atoms with Crippen LogP contribution in [0.2, 0.25) is 0 Å². The maximum Gasteiger partial charge on any atom is 0.325 e. The molecule has 178 valence electrons. The highest BCUT2D eigenvalue weighted by molar-refractivity contribution is 6.04. The summed E-state index contributed by atoms with van der Waals surface area (Å²) in [7, 11) is 0. The van der Waals surface area contributed by atoms with Crippen molar-refractivity contribution in [2.45, 2.75) is 63.6 Å².